The zero-order valence-electron chi connectivity index (χ0n) is 22.4. The highest BCUT2D eigenvalue weighted by Crippen LogP contribution is 2.48. The first kappa shape index (κ1) is 26.2. The topological polar surface area (TPSA) is 95.9 Å². The second kappa shape index (κ2) is 9.69. The Hall–Kier alpha value is -2.71. The van der Waals surface area contributed by atoms with Crippen molar-refractivity contribution in [2.24, 2.45) is 23.7 Å². The Labute approximate surface area is 240 Å². The number of sulfonamides is 1. The lowest BCUT2D eigenvalue weighted by atomic mass is 9.69. The van der Waals surface area contributed by atoms with Crippen LogP contribution in [0.5, 0.6) is 11.5 Å². The molecule has 2 aromatic carbocycles. The standard InChI is InChI=1S/C31H35ClN2O5S/c32-26-12-21-5-2-10-31(25(21)14-28(26)35)17-34-15-23-7-6-19(23)3-1-4-20-11-24(20)16-40(37,38)33-30(36)22-8-9-29(39-18-31)27(34)13-22/h1,4,8-9,12-14,19-20,23-24,35H,2-3,5-7,10-11,15-18H2,(H,33,36)/b4-1+/t19-,20?,23-,24?,31-/m0/s1. The summed E-state index contributed by atoms with van der Waals surface area (Å²) in [5.41, 5.74) is 3.01. The van der Waals surface area contributed by atoms with Crippen LogP contribution in [0.15, 0.2) is 42.5 Å². The summed E-state index contributed by atoms with van der Waals surface area (Å²) in [6.45, 7) is 1.96. The summed E-state index contributed by atoms with van der Waals surface area (Å²) in [6, 6.07) is 8.95. The minimum absolute atomic E-state index is 0.0290. The fourth-order valence-corrected chi connectivity index (χ4v) is 9.01. The summed E-state index contributed by atoms with van der Waals surface area (Å²) in [4.78, 5) is 15.5. The summed E-state index contributed by atoms with van der Waals surface area (Å²) in [7, 11) is -3.74. The maximum Gasteiger partial charge on any atom is 0.264 e. The predicted octanol–water partition coefficient (Wildman–Crippen LogP) is 5.20. The number of amides is 1. The second-order valence-corrected chi connectivity index (χ2v) is 14.8. The van der Waals surface area contributed by atoms with Gasteiger partial charge in [-0.25, -0.2) is 13.1 Å². The van der Waals surface area contributed by atoms with Gasteiger partial charge in [-0.2, -0.15) is 0 Å². The van der Waals surface area contributed by atoms with Gasteiger partial charge in [-0.1, -0.05) is 23.8 Å². The van der Waals surface area contributed by atoms with Crippen LogP contribution in [0.25, 0.3) is 0 Å². The van der Waals surface area contributed by atoms with Gasteiger partial charge in [0.15, 0.2) is 0 Å². The molecule has 2 fully saturated rings. The molecule has 7 nitrogen and oxygen atoms in total. The number of aryl methyl sites for hydroxylation is 1. The van der Waals surface area contributed by atoms with Gasteiger partial charge in [-0.3, -0.25) is 4.79 Å². The van der Waals surface area contributed by atoms with Crippen molar-refractivity contribution in [2.45, 2.75) is 50.4 Å². The molecule has 7 rings (SSSR count). The lowest BCUT2D eigenvalue weighted by Crippen LogP contribution is -2.48. The van der Waals surface area contributed by atoms with Crippen molar-refractivity contribution in [3.8, 4) is 11.5 Å². The van der Waals surface area contributed by atoms with Crippen LogP contribution in [-0.4, -0.2) is 44.9 Å². The van der Waals surface area contributed by atoms with Crippen LogP contribution in [0.3, 0.4) is 0 Å². The van der Waals surface area contributed by atoms with Crippen LogP contribution in [-0.2, 0) is 21.9 Å². The van der Waals surface area contributed by atoms with Crippen LogP contribution < -0.4 is 14.4 Å². The fraction of sp³-hybridized carbons (Fsp3) is 0.516. The Morgan fingerprint density at radius 2 is 1.98 bits per heavy atom. The highest BCUT2D eigenvalue weighted by molar-refractivity contribution is 7.90. The number of anilines is 1. The molecule has 2 bridgehead atoms. The van der Waals surface area contributed by atoms with E-state index >= 15 is 0 Å². The van der Waals surface area contributed by atoms with E-state index in [0.717, 1.165) is 61.9 Å². The summed E-state index contributed by atoms with van der Waals surface area (Å²) in [5.74, 6) is 1.61. The third-order valence-corrected chi connectivity index (χ3v) is 11.6. The van der Waals surface area contributed by atoms with Crippen LogP contribution in [0.4, 0.5) is 5.69 Å². The van der Waals surface area contributed by atoms with Crippen LogP contribution in [0.2, 0.25) is 5.02 Å². The summed E-state index contributed by atoms with van der Waals surface area (Å²) in [6.07, 6.45) is 11.5. The molecule has 0 aromatic heterocycles. The number of carbonyl (C=O) groups is 1. The van der Waals surface area contributed by atoms with Gasteiger partial charge in [0, 0.05) is 24.1 Å². The number of benzene rings is 2. The van der Waals surface area contributed by atoms with E-state index < -0.39 is 15.9 Å². The van der Waals surface area contributed by atoms with Gasteiger partial charge >= 0.3 is 0 Å². The lowest BCUT2D eigenvalue weighted by molar-refractivity contribution is 0.0981. The Morgan fingerprint density at radius 3 is 2.80 bits per heavy atom. The minimum atomic E-state index is -3.74. The molecule has 5 atom stereocenters. The number of hydrogen-bond acceptors (Lipinski definition) is 6. The lowest BCUT2D eigenvalue weighted by Gasteiger charge is -2.44. The number of fused-ring (bicyclic) bond motifs is 5. The van der Waals surface area contributed by atoms with E-state index in [1.165, 1.54) is 6.42 Å². The fourth-order valence-electron chi connectivity index (χ4n) is 7.39. The molecule has 212 valence electrons. The number of phenols is 1. The molecule has 2 saturated carbocycles. The molecule has 3 aliphatic carbocycles. The summed E-state index contributed by atoms with van der Waals surface area (Å²) >= 11 is 6.30. The van der Waals surface area contributed by atoms with E-state index in [0.29, 0.717) is 41.3 Å². The van der Waals surface area contributed by atoms with E-state index in [9.17, 15) is 18.3 Å². The largest absolute Gasteiger partial charge is 0.506 e. The summed E-state index contributed by atoms with van der Waals surface area (Å²) < 4.78 is 34.4. The normalized spacial score (nSPS) is 33.2. The third kappa shape index (κ3) is 4.77. The monoisotopic (exact) mass is 582 g/mol. The van der Waals surface area contributed by atoms with Crippen LogP contribution in [0.1, 0.15) is 60.0 Å². The number of aromatic hydroxyl groups is 1. The maximum absolute atomic E-state index is 13.2. The Bertz CT molecular complexity index is 1510. The molecule has 1 spiro atoms. The number of phenolic OH excluding ortho intramolecular Hbond substituents is 1. The van der Waals surface area contributed by atoms with Crippen molar-refractivity contribution >= 4 is 33.2 Å². The van der Waals surface area contributed by atoms with E-state index in [4.69, 9.17) is 16.3 Å². The molecular formula is C31H35ClN2O5S. The van der Waals surface area contributed by atoms with Gasteiger partial charge in [-0.05, 0) is 110 Å². The highest BCUT2D eigenvalue weighted by atomic mass is 35.5. The molecule has 2 unspecified atom stereocenters. The van der Waals surface area contributed by atoms with Crippen molar-refractivity contribution in [1.82, 2.24) is 4.72 Å². The van der Waals surface area contributed by atoms with E-state index in [2.05, 4.69) is 21.8 Å². The molecule has 40 heavy (non-hydrogen) atoms. The Balaban J connectivity index is 1.29. The van der Waals surface area contributed by atoms with E-state index in [1.54, 1.807) is 18.2 Å². The minimum Gasteiger partial charge on any atom is -0.506 e. The van der Waals surface area contributed by atoms with Crippen LogP contribution >= 0.6 is 11.6 Å². The van der Waals surface area contributed by atoms with Gasteiger partial charge in [0.2, 0.25) is 10.0 Å². The number of ether oxygens (including phenoxy) is 1. The number of carbonyl (C=O) groups excluding carboxylic acids is 1. The quantitative estimate of drug-likeness (QED) is 0.415. The van der Waals surface area contributed by atoms with Crippen molar-refractivity contribution in [2.75, 3.05) is 30.3 Å². The molecule has 2 aliphatic heterocycles. The number of allylic oxidation sites excluding steroid dienone is 2. The molecule has 2 aromatic rings. The van der Waals surface area contributed by atoms with Gasteiger partial charge in [0.25, 0.3) is 5.91 Å². The van der Waals surface area contributed by atoms with E-state index in [-0.39, 0.29) is 28.8 Å². The van der Waals surface area contributed by atoms with Crippen LogP contribution in [0, 0.1) is 23.7 Å². The average molecular weight is 583 g/mol. The van der Waals surface area contributed by atoms with Crippen molar-refractivity contribution in [3.63, 3.8) is 0 Å². The molecule has 0 radical (unpaired) electrons. The average Bonchev–Trinajstić information content (AvgIpc) is 3.65. The molecular weight excluding hydrogens is 548 g/mol. The first-order chi connectivity index (χ1) is 19.2. The third-order valence-electron chi connectivity index (χ3n) is 9.92. The number of nitrogens with one attached hydrogen (secondary N) is 1. The zero-order chi connectivity index (χ0) is 27.6. The second-order valence-electron chi connectivity index (χ2n) is 12.6. The SMILES string of the molecule is O=C1NS(=O)(=O)CC2CC2/C=C/C[C@H]2CC[C@H]2CN2C[C@@]3(CCCc4cc(Cl)c(O)cc43)COc3ccc1cc32. The number of halogens is 1. The van der Waals surface area contributed by atoms with Gasteiger partial charge in [-0.15, -0.1) is 0 Å². The van der Waals surface area contributed by atoms with Crippen molar-refractivity contribution in [1.29, 1.82) is 0 Å². The molecule has 2 N–H and O–H groups in total. The van der Waals surface area contributed by atoms with Gasteiger partial charge in [0.1, 0.15) is 11.5 Å². The summed E-state index contributed by atoms with van der Waals surface area (Å²) in [5, 5.41) is 10.9. The molecule has 9 heteroatoms. The number of hydrogen-bond donors (Lipinski definition) is 2. The van der Waals surface area contributed by atoms with Crippen molar-refractivity contribution < 1.29 is 23.1 Å². The Kier molecular flexibility index (Phi) is 6.35. The predicted molar refractivity (Wildman–Crippen MR) is 155 cm³/mol. The van der Waals surface area contributed by atoms with Crippen molar-refractivity contribution in [3.05, 3.63) is 64.2 Å². The number of rotatable bonds is 0. The smallest absolute Gasteiger partial charge is 0.264 e. The van der Waals surface area contributed by atoms with Gasteiger partial charge in [0.05, 0.1) is 23.1 Å². The number of nitrogens with zero attached hydrogens (tertiary/aromatic N) is 1. The van der Waals surface area contributed by atoms with Gasteiger partial charge < -0.3 is 14.7 Å². The zero-order valence-corrected chi connectivity index (χ0v) is 24.0. The maximum atomic E-state index is 13.2. The molecule has 5 aliphatic rings. The molecule has 0 saturated heterocycles. The molecule has 2 heterocycles. The van der Waals surface area contributed by atoms with E-state index in [1.807, 2.05) is 12.1 Å². The molecule has 1 amide bonds. The first-order valence-corrected chi connectivity index (χ1v) is 16.5. The Morgan fingerprint density at radius 1 is 1.12 bits per heavy atom. The highest BCUT2D eigenvalue weighted by Gasteiger charge is 2.44. The first-order valence-electron chi connectivity index (χ1n) is 14.4.